The van der Waals surface area contributed by atoms with Gasteiger partial charge < -0.3 is 0 Å². The first kappa shape index (κ1) is 3.53. The molecule has 0 aliphatic heterocycles. The minimum Gasteiger partial charge on any atom is -0.122 e. The van der Waals surface area contributed by atoms with Crippen molar-refractivity contribution in [1.82, 2.24) is 0 Å². The first-order chi connectivity index (χ1) is 3.93. The maximum absolute atomic E-state index is 3.40. The molecular formula is C8H8. The Labute approximate surface area is 48.9 Å². The van der Waals surface area contributed by atoms with Gasteiger partial charge >= 0.3 is 0 Å². The zero-order valence-electron chi connectivity index (χ0n) is 4.78. The average molecular weight is 104 g/mol. The van der Waals surface area contributed by atoms with E-state index >= 15 is 0 Å². The lowest BCUT2D eigenvalue weighted by Gasteiger charge is -2.20. The van der Waals surface area contributed by atoms with E-state index in [0.717, 1.165) is 11.8 Å². The lowest BCUT2D eigenvalue weighted by molar-refractivity contribution is 0.649. The summed E-state index contributed by atoms with van der Waals surface area (Å²) in [5.74, 6) is 2.11. The molecule has 0 amide bonds. The molecule has 0 aromatic rings. The van der Waals surface area contributed by atoms with Crippen molar-refractivity contribution in [3.8, 4) is 0 Å². The predicted octanol–water partition coefficient (Wildman–Crippen LogP) is 1.88. The lowest BCUT2D eigenvalue weighted by Crippen LogP contribution is -2.06. The summed E-state index contributed by atoms with van der Waals surface area (Å²) in [6.45, 7) is 0. The van der Waals surface area contributed by atoms with E-state index in [4.69, 9.17) is 0 Å². The summed E-state index contributed by atoms with van der Waals surface area (Å²) in [5, 5.41) is 0. The third kappa shape index (κ3) is 0.244. The molecule has 2 atom stereocenters. The molecule has 0 nitrogen and oxygen atoms in total. The fraction of sp³-hybridized carbons (Fsp3) is 0.625. The van der Waals surface area contributed by atoms with Crippen molar-refractivity contribution in [2.75, 3.05) is 0 Å². The van der Waals surface area contributed by atoms with Crippen molar-refractivity contribution < 1.29 is 0 Å². The van der Waals surface area contributed by atoms with E-state index in [0.29, 0.717) is 0 Å². The second-order valence-corrected chi connectivity index (χ2v) is 3.24. The summed E-state index contributed by atoms with van der Waals surface area (Å²) in [7, 11) is 0. The summed E-state index contributed by atoms with van der Waals surface area (Å²) >= 11 is 0. The number of allylic oxidation sites excluding steroid dienone is 1. The van der Waals surface area contributed by atoms with Gasteiger partial charge in [-0.05, 0) is 35.8 Å². The Kier molecular flexibility index (Phi) is 0.364. The maximum atomic E-state index is 3.40. The topological polar surface area (TPSA) is 0 Å². The molecule has 2 fully saturated rings. The monoisotopic (exact) mass is 104 g/mol. The van der Waals surface area contributed by atoms with Crippen molar-refractivity contribution in [1.29, 1.82) is 0 Å². The minimum absolute atomic E-state index is 1.02. The molecule has 4 rings (SSSR count). The van der Waals surface area contributed by atoms with Gasteiger partial charge in [0.2, 0.25) is 0 Å². The van der Waals surface area contributed by atoms with Crippen LogP contribution in [0.25, 0.3) is 0 Å². The van der Waals surface area contributed by atoms with E-state index < -0.39 is 0 Å². The molecule has 0 radical (unpaired) electrons. The van der Waals surface area contributed by atoms with E-state index in [1.165, 1.54) is 19.3 Å². The van der Waals surface area contributed by atoms with E-state index in [-0.39, 0.29) is 0 Å². The Morgan fingerprint density at radius 1 is 1.50 bits per heavy atom. The first-order valence-electron chi connectivity index (χ1n) is 3.41. The van der Waals surface area contributed by atoms with Gasteiger partial charge in [-0.15, -0.1) is 5.73 Å². The highest BCUT2D eigenvalue weighted by atomic mass is 14.5. The molecule has 1 unspecified atom stereocenters. The highest BCUT2D eigenvalue weighted by Crippen LogP contribution is 2.57. The summed E-state index contributed by atoms with van der Waals surface area (Å²) < 4.78 is 0. The van der Waals surface area contributed by atoms with Crippen LogP contribution in [-0.4, -0.2) is 0 Å². The third-order valence-electron chi connectivity index (χ3n) is 2.62. The fourth-order valence-electron chi connectivity index (χ4n) is 2.00. The van der Waals surface area contributed by atoms with Crippen molar-refractivity contribution in [2.45, 2.75) is 19.3 Å². The van der Waals surface area contributed by atoms with Crippen LogP contribution >= 0.6 is 0 Å². The molecule has 4 aliphatic rings. The van der Waals surface area contributed by atoms with E-state index in [1.54, 1.807) is 11.1 Å². The molecule has 0 N–H and O–H groups in total. The summed E-state index contributed by atoms with van der Waals surface area (Å²) in [4.78, 5) is 0. The molecule has 0 aromatic carbocycles. The van der Waals surface area contributed by atoms with Gasteiger partial charge in [0, 0.05) is 6.42 Å². The molecule has 0 saturated heterocycles. The molecule has 0 aromatic heterocycles. The van der Waals surface area contributed by atoms with Crippen LogP contribution in [0.2, 0.25) is 0 Å². The molecular weight excluding hydrogens is 96.1 g/mol. The number of rotatable bonds is 0. The standard InChI is InChI=1S/C8H8/c1-5-2-6(1)8-4-7(8)3-5/h7-8H,1,3-4H2/t7-,8?/m0/s1. The molecule has 2 saturated carbocycles. The van der Waals surface area contributed by atoms with Crippen LogP contribution in [0.5, 0.6) is 0 Å². The van der Waals surface area contributed by atoms with Gasteiger partial charge in [0.05, 0.1) is 0 Å². The van der Waals surface area contributed by atoms with E-state index in [2.05, 4.69) is 5.73 Å². The second kappa shape index (κ2) is 0.825. The minimum atomic E-state index is 1.02. The van der Waals surface area contributed by atoms with Gasteiger partial charge in [-0.1, -0.05) is 0 Å². The normalized spacial score (nSPS) is 46.0. The Hall–Kier alpha value is -0.480. The summed E-state index contributed by atoms with van der Waals surface area (Å²) in [5.41, 5.74) is 6.66. The molecule has 0 spiro atoms. The Balaban J connectivity index is 2.21. The first-order valence-corrected chi connectivity index (χ1v) is 3.41. The quantitative estimate of drug-likeness (QED) is 0.412. The van der Waals surface area contributed by atoms with E-state index in [9.17, 15) is 0 Å². The molecule has 2 bridgehead atoms. The maximum Gasteiger partial charge on any atom is 0.00471 e. The average Bonchev–Trinajstić information content (AvgIpc) is 2.35. The van der Waals surface area contributed by atoms with Crippen molar-refractivity contribution >= 4 is 0 Å². The lowest BCUT2D eigenvalue weighted by atomic mass is 9.84. The van der Waals surface area contributed by atoms with Gasteiger partial charge in [-0.2, -0.15) is 0 Å². The van der Waals surface area contributed by atoms with Crippen LogP contribution in [0.3, 0.4) is 0 Å². The fourth-order valence-corrected chi connectivity index (χ4v) is 2.00. The Bertz CT molecular complexity index is 216. The second-order valence-electron chi connectivity index (χ2n) is 3.24. The smallest absolute Gasteiger partial charge is 0.00471 e. The van der Waals surface area contributed by atoms with Crippen molar-refractivity contribution in [3.63, 3.8) is 0 Å². The van der Waals surface area contributed by atoms with Crippen LogP contribution in [0.15, 0.2) is 16.9 Å². The largest absolute Gasteiger partial charge is 0.122 e. The summed E-state index contributed by atoms with van der Waals surface area (Å²) in [6, 6.07) is 0. The SMILES string of the molecule is C1=C2CC=1C1C[C@@H]1C2. The predicted molar refractivity (Wildman–Crippen MR) is 31.4 cm³/mol. The van der Waals surface area contributed by atoms with Gasteiger partial charge in [0.25, 0.3) is 0 Å². The van der Waals surface area contributed by atoms with Gasteiger partial charge in [-0.3, -0.25) is 0 Å². The van der Waals surface area contributed by atoms with Crippen molar-refractivity contribution in [2.24, 2.45) is 11.8 Å². The molecule has 8 heavy (non-hydrogen) atoms. The highest BCUT2D eigenvalue weighted by molar-refractivity contribution is 5.37. The van der Waals surface area contributed by atoms with Gasteiger partial charge in [-0.25, -0.2) is 0 Å². The van der Waals surface area contributed by atoms with Crippen molar-refractivity contribution in [3.05, 3.63) is 16.9 Å². The van der Waals surface area contributed by atoms with Crippen LogP contribution in [0.4, 0.5) is 0 Å². The van der Waals surface area contributed by atoms with Gasteiger partial charge in [0.15, 0.2) is 0 Å². The summed E-state index contributed by atoms with van der Waals surface area (Å²) in [6.07, 6.45) is 4.22. The van der Waals surface area contributed by atoms with Gasteiger partial charge in [0.1, 0.15) is 0 Å². The molecule has 4 aliphatic carbocycles. The molecule has 40 valence electrons. The van der Waals surface area contributed by atoms with E-state index in [1.807, 2.05) is 0 Å². The highest BCUT2D eigenvalue weighted by Gasteiger charge is 2.46. The van der Waals surface area contributed by atoms with Crippen LogP contribution in [0, 0.1) is 11.8 Å². The zero-order valence-corrected chi connectivity index (χ0v) is 4.78. The Morgan fingerprint density at radius 2 is 2.38 bits per heavy atom. The number of hydrogen-bond acceptors (Lipinski definition) is 0. The van der Waals surface area contributed by atoms with Crippen LogP contribution < -0.4 is 0 Å². The van der Waals surface area contributed by atoms with Crippen LogP contribution in [0.1, 0.15) is 19.3 Å². The number of hydrogen-bond donors (Lipinski definition) is 0. The Morgan fingerprint density at radius 3 is 2.88 bits per heavy atom. The van der Waals surface area contributed by atoms with Crippen LogP contribution in [-0.2, 0) is 0 Å². The molecule has 0 heterocycles. The zero-order chi connectivity index (χ0) is 5.14. The molecule has 0 heteroatoms. The third-order valence-corrected chi connectivity index (χ3v) is 2.62.